The van der Waals surface area contributed by atoms with Gasteiger partial charge in [0.25, 0.3) is 5.89 Å². The summed E-state index contributed by atoms with van der Waals surface area (Å²) in [4.78, 5) is 4.43. The average molecular weight is 292 g/mol. The Kier molecular flexibility index (Phi) is 3.82. The molecule has 2 heterocycles. The van der Waals surface area contributed by atoms with Gasteiger partial charge in [0.1, 0.15) is 11.5 Å². The standard InChI is InChI=1S/C14H16N2O3S/c1-18-9-5-6-11(17)10(8-9)14-15-13(16-19-14)12-4-2-3-7-20-12/h5-6,8,12,17H,2-4,7H2,1H3. The molecule has 1 aliphatic rings. The maximum Gasteiger partial charge on any atom is 0.261 e. The molecule has 0 aliphatic carbocycles. The van der Waals surface area contributed by atoms with Crippen LogP contribution in [0.15, 0.2) is 22.7 Å². The lowest BCUT2D eigenvalue weighted by Crippen LogP contribution is -2.03. The van der Waals surface area contributed by atoms with Crippen LogP contribution < -0.4 is 4.74 Å². The lowest BCUT2D eigenvalue weighted by Gasteiger charge is -2.17. The number of aromatic hydroxyl groups is 1. The summed E-state index contributed by atoms with van der Waals surface area (Å²) in [6.07, 6.45) is 3.53. The smallest absolute Gasteiger partial charge is 0.261 e. The Bertz CT molecular complexity index is 594. The van der Waals surface area contributed by atoms with Crippen molar-refractivity contribution in [3.63, 3.8) is 0 Å². The average Bonchev–Trinajstić information content (AvgIpc) is 2.98. The minimum absolute atomic E-state index is 0.109. The van der Waals surface area contributed by atoms with Gasteiger partial charge in [-0.2, -0.15) is 16.7 Å². The molecule has 1 fully saturated rings. The summed E-state index contributed by atoms with van der Waals surface area (Å²) in [6.45, 7) is 0. The number of phenols is 1. The third kappa shape index (κ3) is 2.60. The van der Waals surface area contributed by atoms with Gasteiger partial charge in [-0.3, -0.25) is 0 Å². The number of benzene rings is 1. The summed E-state index contributed by atoms with van der Waals surface area (Å²) >= 11 is 1.86. The van der Waals surface area contributed by atoms with Crippen LogP contribution in [0.2, 0.25) is 0 Å². The highest BCUT2D eigenvalue weighted by Gasteiger charge is 2.23. The fourth-order valence-electron chi connectivity index (χ4n) is 2.23. The van der Waals surface area contributed by atoms with E-state index >= 15 is 0 Å². The van der Waals surface area contributed by atoms with Crippen molar-refractivity contribution in [2.75, 3.05) is 12.9 Å². The third-order valence-corrected chi connectivity index (χ3v) is 4.72. The Morgan fingerprint density at radius 1 is 1.40 bits per heavy atom. The van der Waals surface area contributed by atoms with Crippen LogP contribution in [-0.4, -0.2) is 28.1 Å². The summed E-state index contributed by atoms with van der Waals surface area (Å²) in [5, 5.41) is 14.3. The van der Waals surface area contributed by atoms with Gasteiger partial charge in [-0.1, -0.05) is 11.6 Å². The first kappa shape index (κ1) is 13.3. The van der Waals surface area contributed by atoms with Crippen LogP contribution in [0.3, 0.4) is 0 Å². The Morgan fingerprint density at radius 3 is 3.05 bits per heavy atom. The maximum atomic E-state index is 9.91. The van der Waals surface area contributed by atoms with Crippen molar-refractivity contribution in [2.24, 2.45) is 0 Å². The first-order valence-corrected chi connectivity index (χ1v) is 7.65. The normalized spacial score (nSPS) is 18.9. The summed E-state index contributed by atoms with van der Waals surface area (Å²) in [7, 11) is 1.58. The highest BCUT2D eigenvalue weighted by atomic mass is 32.2. The van der Waals surface area contributed by atoms with E-state index in [0.717, 1.165) is 12.2 Å². The van der Waals surface area contributed by atoms with Gasteiger partial charge in [0.05, 0.1) is 17.9 Å². The van der Waals surface area contributed by atoms with Crippen molar-refractivity contribution >= 4 is 11.8 Å². The highest BCUT2D eigenvalue weighted by molar-refractivity contribution is 7.99. The highest BCUT2D eigenvalue weighted by Crippen LogP contribution is 2.38. The number of rotatable bonds is 3. The molecule has 20 heavy (non-hydrogen) atoms. The van der Waals surface area contributed by atoms with Crippen molar-refractivity contribution in [1.82, 2.24) is 10.1 Å². The van der Waals surface area contributed by atoms with Crippen molar-refractivity contribution in [1.29, 1.82) is 0 Å². The van der Waals surface area contributed by atoms with Crippen molar-refractivity contribution in [2.45, 2.75) is 24.5 Å². The van der Waals surface area contributed by atoms with E-state index in [0.29, 0.717) is 28.3 Å². The van der Waals surface area contributed by atoms with E-state index in [-0.39, 0.29) is 5.75 Å². The van der Waals surface area contributed by atoms with Crippen molar-refractivity contribution in [3.8, 4) is 23.0 Å². The molecule has 1 aromatic heterocycles. The molecule has 1 N–H and O–H groups in total. The molecule has 6 heteroatoms. The molecule has 106 valence electrons. The van der Waals surface area contributed by atoms with Gasteiger partial charge in [0.15, 0.2) is 5.82 Å². The van der Waals surface area contributed by atoms with Gasteiger partial charge in [0, 0.05) is 0 Å². The number of phenolic OH excluding ortho intramolecular Hbond substituents is 1. The minimum atomic E-state index is 0.109. The van der Waals surface area contributed by atoms with Gasteiger partial charge in [-0.25, -0.2) is 0 Å². The quantitative estimate of drug-likeness (QED) is 0.935. The van der Waals surface area contributed by atoms with Crippen molar-refractivity contribution in [3.05, 3.63) is 24.0 Å². The maximum absolute atomic E-state index is 9.91. The van der Waals surface area contributed by atoms with Crippen LogP contribution in [0.1, 0.15) is 30.3 Å². The molecular formula is C14H16N2O3S. The molecule has 5 nitrogen and oxygen atoms in total. The van der Waals surface area contributed by atoms with E-state index < -0.39 is 0 Å². The van der Waals surface area contributed by atoms with E-state index in [2.05, 4.69) is 10.1 Å². The topological polar surface area (TPSA) is 68.4 Å². The summed E-state index contributed by atoms with van der Waals surface area (Å²) in [5.74, 6) is 2.94. The van der Waals surface area contributed by atoms with Crippen molar-refractivity contribution < 1.29 is 14.4 Å². The molecule has 0 spiro atoms. The Morgan fingerprint density at radius 2 is 2.30 bits per heavy atom. The van der Waals surface area contributed by atoms with Crippen LogP contribution in [0.4, 0.5) is 0 Å². The lowest BCUT2D eigenvalue weighted by atomic mass is 10.1. The Labute approximate surface area is 121 Å². The van der Waals surface area contributed by atoms with Crippen LogP contribution in [-0.2, 0) is 0 Å². The molecule has 1 aromatic carbocycles. The number of nitrogens with zero attached hydrogens (tertiary/aromatic N) is 2. The van der Waals surface area contributed by atoms with E-state index in [1.165, 1.54) is 12.8 Å². The second-order valence-electron chi connectivity index (χ2n) is 4.70. The molecule has 0 radical (unpaired) electrons. The number of thioether (sulfide) groups is 1. The lowest BCUT2D eigenvalue weighted by molar-refractivity contribution is 0.406. The van der Waals surface area contributed by atoms with Gasteiger partial charge in [-0.05, 0) is 36.8 Å². The molecule has 1 atom stereocenters. The molecule has 2 aromatic rings. The zero-order chi connectivity index (χ0) is 13.9. The largest absolute Gasteiger partial charge is 0.507 e. The third-order valence-electron chi connectivity index (χ3n) is 3.34. The summed E-state index contributed by atoms with van der Waals surface area (Å²) in [5.41, 5.74) is 0.504. The molecule has 3 rings (SSSR count). The second-order valence-corrected chi connectivity index (χ2v) is 6.01. The van der Waals surface area contributed by atoms with Gasteiger partial charge >= 0.3 is 0 Å². The van der Waals surface area contributed by atoms with Crippen LogP contribution in [0.5, 0.6) is 11.5 Å². The van der Waals surface area contributed by atoms with E-state index in [1.807, 2.05) is 11.8 Å². The monoisotopic (exact) mass is 292 g/mol. The van der Waals surface area contributed by atoms with E-state index in [4.69, 9.17) is 9.26 Å². The summed E-state index contributed by atoms with van der Waals surface area (Å²) in [6, 6.07) is 4.95. The van der Waals surface area contributed by atoms with Gasteiger partial charge in [0.2, 0.25) is 0 Å². The van der Waals surface area contributed by atoms with Crippen LogP contribution in [0.25, 0.3) is 11.5 Å². The second kappa shape index (κ2) is 5.75. The molecule has 1 unspecified atom stereocenters. The molecule has 0 amide bonds. The Hall–Kier alpha value is -1.69. The first-order valence-electron chi connectivity index (χ1n) is 6.60. The minimum Gasteiger partial charge on any atom is -0.507 e. The zero-order valence-electron chi connectivity index (χ0n) is 11.2. The number of aromatic nitrogens is 2. The number of hydrogen-bond acceptors (Lipinski definition) is 6. The zero-order valence-corrected chi connectivity index (χ0v) is 12.0. The predicted octanol–water partition coefficient (Wildman–Crippen LogP) is 3.41. The Balaban J connectivity index is 1.89. The number of methoxy groups -OCH3 is 1. The van der Waals surface area contributed by atoms with Gasteiger partial charge in [-0.15, -0.1) is 0 Å². The molecule has 0 bridgehead atoms. The molecular weight excluding hydrogens is 276 g/mol. The number of hydrogen-bond donors (Lipinski definition) is 1. The van der Waals surface area contributed by atoms with E-state index in [9.17, 15) is 5.11 Å². The molecule has 1 aliphatic heterocycles. The fourth-order valence-corrected chi connectivity index (χ4v) is 3.47. The molecule has 0 saturated carbocycles. The predicted molar refractivity (Wildman–Crippen MR) is 77.0 cm³/mol. The van der Waals surface area contributed by atoms with Crippen LogP contribution >= 0.6 is 11.8 Å². The van der Waals surface area contributed by atoms with E-state index in [1.54, 1.807) is 25.3 Å². The number of ether oxygens (including phenoxy) is 1. The SMILES string of the molecule is COc1ccc(O)c(-c2nc(C3CCCCS3)no2)c1. The summed E-state index contributed by atoms with van der Waals surface area (Å²) < 4.78 is 10.4. The first-order chi connectivity index (χ1) is 9.78. The molecule has 1 saturated heterocycles. The van der Waals surface area contributed by atoms with Gasteiger partial charge < -0.3 is 14.4 Å². The fraction of sp³-hybridized carbons (Fsp3) is 0.429. The van der Waals surface area contributed by atoms with Crippen LogP contribution in [0, 0.1) is 0 Å².